The molecule has 0 bridgehead atoms. The first-order valence-corrected chi connectivity index (χ1v) is 7.79. The molecule has 0 spiro atoms. The van der Waals surface area contributed by atoms with Gasteiger partial charge in [-0.2, -0.15) is 0 Å². The van der Waals surface area contributed by atoms with Crippen LogP contribution in [0.4, 0.5) is 9.18 Å². The van der Waals surface area contributed by atoms with Crippen LogP contribution in [0.2, 0.25) is 0 Å². The molecule has 1 aromatic carbocycles. The third-order valence-electron chi connectivity index (χ3n) is 3.26. The summed E-state index contributed by atoms with van der Waals surface area (Å²) in [7, 11) is 2.83. The minimum atomic E-state index is -1.25. The Kier molecular flexibility index (Phi) is 6.04. The average Bonchev–Trinajstić information content (AvgIpc) is 2.96. The van der Waals surface area contributed by atoms with Gasteiger partial charge in [-0.25, -0.2) is 18.9 Å². The molecule has 0 radical (unpaired) electrons. The second-order valence-corrected chi connectivity index (χ2v) is 5.75. The summed E-state index contributed by atoms with van der Waals surface area (Å²) in [6.07, 6.45) is -0.158. The van der Waals surface area contributed by atoms with Crippen LogP contribution in [-0.2, 0) is 11.4 Å². The zero-order chi connectivity index (χ0) is 18.6. The molecule has 0 saturated carbocycles. The molecule has 0 aliphatic carbocycles. The number of hydroxylamine groups is 2. The van der Waals surface area contributed by atoms with E-state index in [4.69, 9.17) is 9.94 Å². The Bertz CT molecular complexity index is 838. The van der Waals surface area contributed by atoms with Crippen LogP contribution in [0.25, 0.3) is 11.0 Å². The lowest BCUT2D eigenvalue weighted by molar-refractivity contribution is -0.0756. The van der Waals surface area contributed by atoms with Crippen molar-refractivity contribution in [2.75, 3.05) is 20.7 Å². The van der Waals surface area contributed by atoms with Gasteiger partial charge < -0.3 is 10.4 Å². The maximum absolute atomic E-state index is 13.9. The second kappa shape index (κ2) is 8.03. The van der Waals surface area contributed by atoms with E-state index in [0.717, 1.165) is 11.1 Å². The third-order valence-corrected chi connectivity index (χ3v) is 3.86. The lowest BCUT2D eigenvalue weighted by atomic mass is 10.2. The summed E-state index contributed by atoms with van der Waals surface area (Å²) in [6, 6.07) is 3.10. The van der Waals surface area contributed by atoms with Gasteiger partial charge in [0, 0.05) is 23.6 Å². The van der Waals surface area contributed by atoms with Crippen molar-refractivity contribution in [2.24, 2.45) is 0 Å². The fourth-order valence-corrected chi connectivity index (χ4v) is 2.52. The summed E-state index contributed by atoms with van der Waals surface area (Å²) in [5.74, 6) is -0.984. The van der Waals surface area contributed by atoms with Crippen molar-refractivity contribution in [3.63, 3.8) is 0 Å². The van der Waals surface area contributed by atoms with Gasteiger partial charge in [-0.1, -0.05) is 5.21 Å². The van der Waals surface area contributed by atoms with Crippen molar-refractivity contribution >= 4 is 39.0 Å². The number of carbonyl (C=O) groups excluding carboxylic acids is 1. The molecule has 9 nitrogen and oxygen atoms in total. The number of allylic oxidation sites excluding steroid dienone is 1. The summed E-state index contributed by atoms with van der Waals surface area (Å²) >= 11 is 3.31. The van der Waals surface area contributed by atoms with E-state index in [9.17, 15) is 14.0 Å². The molecule has 11 heteroatoms. The smallest absolute Gasteiger partial charge is 0.404 e. The van der Waals surface area contributed by atoms with E-state index in [0.29, 0.717) is 21.1 Å². The quantitative estimate of drug-likeness (QED) is 0.697. The monoisotopic (exact) mass is 415 g/mol. The van der Waals surface area contributed by atoms with Gasteiger partial charge in [0.2, 0.25) is 0 Å². The molecule has 2 aromatic rings. The predicted molar refractivity (Wildman–Crippen MR) is 89.5 cm³/mol. The summed E-state index contributed by atoms with van der Waals surface area (Å²) in [5, 5.41) is 19.4. The number of carboxylic acid groups (broad SMARTS) is 1. The summed E-state index contributed by atoms with van der Waals surface area (Å²) in [5.41, 5.74) is 1.22. The van der Waals surface area contributed by atoms with Gasteiger partial charge in [0.05, 0.1) is 19.2 Å². The lowest BCUT2D eigenvalue weighted by Crippen LogP contribution is -2.25. The van der Waals surface area contributed by atoms with Crippen LogP contribution in [0, 0.1) is 0 Å². The fraction of sp³-hybridized carbons (Fsp3) is 0.286. The highest BCUT2D eigenvalue weighted by molar-refractivity contribution is 9.10. The standard InChI is InChI=1S/C14H15BrFN5O4/c1-20(25-2)13(22)8-5-10(15)12-11(6-8)21(19-18-12)7-9(16)3-4-17-14(23)24/h3,5-6,17H,4,7H2,1-2H3,(H,23,24)/b9-3-. The molecule has 0 aliphatic heterocycles. The largest absolute Gasteiger partial charge is 0.465 e. The third kappa shape index (κ3) is 4.51. The molecular weight excluding hydrogens is 401 g/mol. The molecule has 134 valence electrons. The molecule has 0 atom stereocenters. The highest BCUT2D eigenvalue weighted by atomic mass is 79.9. The SMILES string of the molecule is CON(C)C(=O)c1cc(Br)c2nnn(C/C(F)=C/CNC(=O)O)c2c1. The number of rotatable bonds is 6. The van der Waals surface area contributed by atoms with Crippen LogP contribution in [-0.4, -0.2) is 57.9 Å². The van der Waals surface area contributed by atoms with Gasteiger partial charge in [0.25, 0.3) is 5.91 Å². The molecule has 25 heavy (non-hydrogen) atoms. The number of fused-ring (bicyclic) bond motifs is 1. The Hall–Kier alpha value is -2.53. The minimum absolute atomic E-state index is 0.167. The molecule has 0 saturated heterocycles. The maximum atomic E-state index is 13.9. The normalized spacial score (nSPS) is 11.6. The molecule has 1 heterocycles. The van der Waals surface area contributed by atoms with Gasteiger partial charge >= 0.3 is 6.09 Å². The molecule has 2 rings (SSSR count). The van der Waals surface area contributed by atoms with Gasteiger partial charge in [-0.3, -0.25) is 9.63 Å². The first kappa shape index (κ1) is 18.8. The number of aromatic nitrogens is 3. The van der Waals surface area contributed by atoms with Crippen LogP contribution in [0.5, 0.6) is 0 Å². The van der Waals surface area contributed by atoms with Crippen molar-refractivity contribution in [3.05, 3.63) is 34.1 Å². The summed E-state index contributed by atoms with van der Waals surface area (Å²) in [6.45, 7) is -0.415. The van der Waals surface area contributed by atoms with Crippen molar-refractivity contribution in [1.29, 1.82) is 0 Å². The molecule has 2 amide bonds. The van der Waals surface area contributed by atoms with Crippen molar-refractivity contribution < 1.29 is 23.9 Å². The number of nitrogens with zero attached hydrogens (tertiary/aromatic N) is 4. The van der Waals surface area contributed by atoms with Crippen molar-refractivity contribution in [2.45, 2.75) is 6.54 Å². The van der Waals surface area contributed by atoms with E-state index >= 15 is 0 Å². The Morgan fingerprint density at radius 1 is 1.52 bits per heavy atom. The van der Waals surface area contributed by atoms with Gasteiger partial charge in [-0.15, -0.1) is 5.10 Å². The second-order valence-electron chi connectivity index (χ2n) is 4.90. The Balaban J connectivity index is 2.31. The summed E-state index contributed by atoms with van der Waals surface area (Å²) < 4.78 is 15.7. The number of amides is 2. The number of nitrogens with one attached hydrogen (secondary N) is 1. The van der Waals surface area contributed by atoms with Crippen molar-refractivity contribution in [3.8, 4) is 0 Å². The predicted octanol–water partition coefficient (Wildman–Crippen LogP) is 1.95. The summed E-state index contributed by atoms with van der Waals surface area (Å²) in [4.78, 5) is 27.4. The van der Waals surface area contributed by atoms with E-state index in [1.165, 1.54) is 24.9 Å². The zero-order valence-electron chi connectivity index (χ0n) is 13.4. The first-order valence-electron chi connectivity index (χ1n) is 6.99. The van der Waals surface area contributed by atoms with E-state index in [-0.39, 0.29) is 19.0 Å². The van der Waals surface area contributed by atoms with Gasteiger partial charge in [0.15, 0.2) is 0 Å². The van der Waals surface area contributed by atoms with E-state index in [2.05, 4.69) is 26.2 Å². The molecular formula is C14H15BrFN5O4. The van der Waals surface area contributed by atoms with E-state index in [1.807, 2.05) is 5.32 Å². The van der Waals surface area contributed by atoms with Crippen LogP contribution < -0.4 is 5.32 Å². The fourth-order valence-electron chi connectivity index (χ4n) is 1.99. The Morgan fingerprint density at radius 2 is 2.24 bits per heavy atom. The number of hydrogen-bond donors (Lipinski definition) is 2. The minimum Gasteiger partial charge on any atom is -0.465 e. The maximum Gasteiger partial charge on any atom is 0.404 e. The van der Waals surface area contributed by atoms with Crippen LogP contribution in [0.3, 0.4) is 0 Å². The molecule has 0 unspecified atom stereocenters. The molecule has 0 fully saturated rings. The number of benzene rings is 1. The number of hydrogen-bond acceptors (Lipinski definition) is 5. The van der Waals surface area contributed by atoms with Gasteiger partial charge in [0.1, 0.15) is 11.3 Å². The van der Waals surface area contributed by atoms with Crippen LogP contribution >= 0.6 is 15.9 Å². The average molecular weight is 416 g/mol. The lowest BCUT2D eigenvalue weighted by Gasteiger charge is -2.14. The Labute approximate surface area is 150 Å². The molecule has 1 aromatic heterocycles. The number of halogens is 2. The highest BCUT2D eigenvalue weighted by Gasteiger charge is 2.17. The van der Waals surface area contributed by atoms with E-state index in [1.54, 1.807) is 6.07 Å². The van der Waals surface area contributed by atoms with E-state index < -0.39 is 11.9 Å². The van der Waals surface area contributed by atoms with Crippen LogP contribution in [0.15, 0.2) is 28.5 Å². The number of carbonyl (C=O) groups is 2. The highest BCUT2D eigenvalue weighted by Crippen LogP contribution is 2.25. The molecule has 2 N–H and O–H groups in total. The van der Waals surface area contributed by atoms with Gasteiger partial charge in [-0.05, 0) is 34.1 Å². The zero-order valence-corrected chi connectivity index (χ0v) is 14.9. The Morgan fingerprint density at radius 3 is 2.88 bits per heavy atom. The topological polar surface area (TPSA) is 110 Å². The first-order chi connectivity index (χ1) is 11.8. The molecule has 0 aliphatic rings. The van der Waals surface area contributed by atoms with Crippen molar-refractivity contribution in [1.82, 2.24) is 25.4 Å². The van der Waals surface area contributed by atoms with Crippen LogP contribution in [0.1, 0.15) is 10.4 Å².